The Balaban J connectivity index is 1.52. The number of hydrogen-bond acceptors (Lipinski definition) is 4. The van der Waals surface area contributed by atoms with Crippen molar-refractivity contribution in [2.45, 2.75) is 39.7 Å². The maximum Gasteiger partial charge on any atom is 0.147 e. The van der Waals surface area contributed by atoms with Crippen molar-refractivity contribution in [1.82, 2.24) is 19.7 Å². The molecule has 0 aliphatic carbocycles. The molecule has 1 aliphatic heterocycles. The molecule has 114 valence electrons. The third kappa shape index (κ3) is 3.92. The molecule has 3 rings (SSSR count). The normalized spacial score (nSPS) is 20.0. The molecule has 1 fully saturated rings. The molecule has 0 unspecified atom stereocenters. The summed E-state index contributed by atoms with van der Waals surface area (Å²) >= 11 is 1.87. The van der Waals surface area contributed by atoms with Crippen molar-refractivity contribution < 1.29 is 0 Å². The molecule has 1 saturated heterocycles. The lowest BCUT2D eigenvalue weighted by molar-refractivity contribution is 0.161. The molecule has 0 bridgehead atoms. The van der Waals surface area contributed by atoms with E-state index in [1.165, 1.54) is 43.8 Å². The maximum atomic E-state index is 4.50. The highest BCUT2D eigenvalue weighted by molar-refractivity contribution is 7.09. The first-order valence-corrected chi connectivity index (χ1v) is 8.71. The number of piperidine rings is 1. The summed E-state index contributed by atoms with van der Waals surface area (Å²) in [5.41, 5.74) is 0. The fourth-order valence-electron chi connectivity index (χ4n) is 3.21. The molecule has 0 radical (unpaired) electrons. The molecule has 0 amide bonds. The van der Waals surface area contributed by atoms with E-state index in [1.807, 2.05) is 18.3 Å². The van der Waals surface area contributed by atoms with Crippen LogP contribution in [0, 0.1) is 19.8 Å². The van der Waals surface area contributed by atoms with Crippen molar-refractivity contribution in [3.05, 3.63) is 34.0 Å². The van der Waals surface area contributed by atoms with E-state index in [9.17, 15) is 0 Å². The van der Waals surface area contributed by atoms with Crippen LogP contribution in [0.5, 0.6) is 0 Å². The van der Waals surface area contributed by atoms with E-state index in [2.05, 4.69) is 44.1 Å². The molecule has 5 heteroatoms. The molecule has 2 aromatic heterocycles. The molecule has 1 aliphatic rings. The van der Waals surface area contributed by atoms with Crippen molar-refractivity contribution in [1.29, 1.82) is 0 Å². The molecule has 2 aromatic rings. The third-order valence-corrected chi connectivity index (χ3v) is 5.19. The molecule has 4 nitrogen and oxygen atoms in total. The lowest BCUT2D eigenvalue weighted by Gasteiger charge is -2.32. The minimum absolute atomic E-state index is 0.710. The quantitative estimate of drug-likeness (QED) is 0.852. The molecule has 3 heterocycles. The smallest absolute Gasteiger partial charge is 0.147 e. The van der Waals surface area contributed by atoms with E-state index in [4.69, 9.17) is 0 Å². The van der Waals surface area contributed by atoms with Crippen LogP contribution in [0.2, 0.25) is 0 Å². The first-order chi connectivity index (χ1) is 10.2. The lowest BCUT2D eigenvalue weighted by Crippen LogP contribution is -2.38. The fraction of sp³-hybridized carbons (Fsp3) is 0.625. The Morgan fingerprint density at radius 3 is 3.00 bits per heavy atom. The highest BCUT2D eigenvalue weighted by Gasteiger charge is 2.21. The monoisotopic (exact) mass is 304 g/mol. The minimum atomic E-state index is 0.710. The molecule has 0 saturated carbocycles. The molecule has 0 aromatic carbocycles. The van der Waals surface area contributed by atoms with Crippen LogP contribution in [0.15, 0.2) is 17.5 Å². The van der Waals surface area contributed by atoms with Gasteiger partial charge in [-0.2, -0.15) is 5.10 Å². The van der Waals surface area contributed by atoms with Crippen LogP contribution in [-0.4, -0.2) is 39.3 Å². The van der Waals surface area contributed by atoms with Crippen molar-refractivity contribution in [3.8, 4) is 0 Å². The van der Waals surface area contributed by atoms with Gasteiger partial charge in [0.1, 0.15) is 11.6 Å². The Labute approximate surface area is 130 Å². The van der Waals surface area contributed by atoms with Gasteiger partial charge in [0.2, 0.25) is 0 Å². The Hall–Kier alpha value is -1.20. The van der Waals surface area contributed by atoms with Gasteiger partial charge in [0.15, 0.2) is 0 Å². The largest absolute Gasteiger partial charge is 0.303 e. The van der Waals surface area contributed by atoms with Gasteiger partial charge in [0.05, 0.1) is 0 Å². The van der Waals surface area contributed by atoms with Gasteiger partial charge in [-0.15, -0.1) is 11.3 Å². The lowest BCUT2D eigenvalue weighted by atomic mass is 9.98. The predicted octanol–water partition coefficient (Wildman–Crippen LogP) is 2.91. The van der Waals surface area contributed by atoms with Gasteiger partial charge < -0.3 is 4.90 Å². The number of hydrogen-bond donors (Lipinski definition) is 0. The molecule has 21 heavy (non-hydrogen) atoms. The molecular formula is C16H24N4S. The van der Waals surface area contributed by atoms with Crippen molar-refractivity contribution in [2.75, 3.05) is 19.6 Å². The van der Waals surface area contributed by atoms with Gasteiger partial charge in [-0.1, -0.05) is 6.07 Å². The molecular weight excluding hydrogens is 280 g/mol. The first-order valence-electron chi connectivity index (χ1n) is 7.83. The average molecular weight is 304 g/mol. The Bertz CT molecular complexity index is 561. The number of rotatable bonds is 5. The summed E-state index contributed by atoms with van der Waals surface area (Å²) in [5.74, 6) is 2.64. The van der Waals surface area contributed by atoms with Gasteiger partial charge in [0, 0.05) is 24.5 Å². The van der Waals surface area contributed by atoms with Gasteiger partial charge in [-0.25, -0.2) is 9.67 Å². The van der Waals surface area contributed by atoms with Crippen molar-refractivity contribution >= 4 is 11.3 Å². The third-order valence-electron chi connectivity index (χ3n) is 4.25. The summed E-state index contributed by atoms with van der Waals surface area (Å²) in [6.07, 6.45) is 3.81. The zero-order chi connectivity index (χ0) is 14.7. The van der Waals surface area contributed by atoms with E-state index in [0.29, 0.717) is 5.92 Å². The number of aromatic nitrogens is 3. The Morgan fingerprint density at radius 1 is 1.38 bits per heavy atom. The summed E-state index contributed by atoms with van der Waals surface area (Å²) in [6.45, 7) is 8.67. The van der Waals surface area contributed by atoms with E-state index < -0.39 is 0 Å². The molecule has 0 spiro atoms. The predicted molar refractivity (Wildman–Crippen MR) is 86.7 cm³/mol. The van der Waals surface area contributed by atoms with Crippen LogP contribution in [0.1, 0.15) is 29.4 Å². The van der Waals surface area contributed by atoms with Gasteiger partial charge in [-0.05, 0) is 57.0 Å². The summed E-state index contributed by atoms with van der Waals surface area (Å²) in [5, 5.41) is 6.68. The second-order valence-electron chi connectivity index (χ2n) is 6.03. The number of aryl methyl sites for hydroxylation is 2. The topological polar surface area (TPSA) is 34.0 Å². The number of nitrogens with zero attached hydrogens (tertiary/aromatic N) is 4. The van der Waals surface area contributed by atoms with E-state index >= 15 is 0 Å². The summed E-state index contributed by atoms with van der Waals surface area (Å²) in [7, 11) is 0. The van der Waals surface area contributed by atoms with Crippen LogP contribution >= 0.6 is 11.3 Å². The van der Waals surface area contributed by atoms with Gasteiger partial charge in [-0.3, -0.25) is 0 Å². The zero-order valence-electron chi connectivity index (χ0n) is 13.0. The van der Waals surface area contributed by atoms with Crippen LogP contribution in [0.3, 0.4) is 0 Å². The average Bonchev–Trinajstić information content (AvgIpc) is 3.07. The van der Waals surface area contributed by atoms with Crippen LogP contribution in [-0.2, 0) is 13.0 Å². The van der Waals surface area contributed by atoms with Crippen LogP contribution in [0.25, 0.3) is 0 Å². The van der Waals surface area contributed by atoms with E-state index in [-0.39, 0.29) is 0 Å². The Morgan fingerprint density at radius 2 is 2.29 bits per heavy atom. The Kier molecular flexibility index (Phi) is 4.70. The maximum absolute atomic E-state index is 4.50. The van der Waals surface area contributed by atoms with E-state index in [1.54, 1.807) is 0 Å². The fourth-order valence-corrected chi connectivity index (χ4v) is 3.90. The summed E-state index contributed by atoms with van der Waals surface area (Å²) in [6, 6.07) is 4.39. The first kappa shape index (κ1) is 14.7. The van der Waals surface area contributed by atoms with Gasteiger partial charge in [0.25, 0.3) is 0 Å². The zero-order valence-corrected chi connectivity index (χ0v) is 13.8. The number of thiophene rings is 1. The van der Waals surface area contributed by atoms with Crippen LogP contribution in [0.4, 0.5) is 0 Å². The SMILES string of the molecule is Cc1nc(C)n(C[C@@H]2CCCN(CCc3cccs3)C2)n1. The molecule has 1 atom stereocenters. The molecule has 0 N–H and O–H groups in total. The standard InChI is InChI=1S/C16H24N4S/c1-13-17-14(2)20(18-13)12-15-5-3-8-19(11-15)9-7-16-6-4-10-21-16/h4,6,10,15H,3,5,7-9,11-12H2,1-2H3/t15-/m1/s1. The highest BCUT2D eigenvalue weighted by Crippen LogP contribution is 2.19. The second kappa shape index (κ2) is 6.71. The summed E-state index contributed by atoms with van der Waals surface area (Å²) in [4.78, 5) is 8.52. The summed E-state index contributed by atoms with van der Waals surface area (Å²) < 4.78 is 2.09. The number of likely N-dealkylation sites (tertiary alicyclic amines) is 1. The van der Waals surface area contributed by atoms with Crippen molar-refractivity contribution in [2.24, 2.45) is 5.92 Å². The highest BCUT2D eigenvalue weighted by atomic mass is 32.1. The van der Waals surface area contributed by atoms with Crippen molar-refractivity contribution in [3.63, 3.8) is 0 Å². The van der Waals surface area contributed by atoms with Crippen LogP contribution < -0.4 is 0 Å². The second-order valence-corrected chi connectivity index (χ2v) is 7.06. The van der Waals surface area contributed by atoms with Gasteiger partial charge >= 0.3 is 0 Å². The minimum Gasteiger partial charge on any atom is -0.303 e. The van der Waals surface area contributed by atoms with E-state index in [0.717, 1.165) is 18.2 Å².